The number of benzene rings is 1. The third-order valence-electron chi connectivity index (χ3n) is 1.96. The van der Waals surface area contributed by atoms with Crippen molar-refractivity contribution in [1.29, 1.82) is 0 Å². The van der Waals surface area contributed by atoms with E-state index in [0.29, 0.717) is 6.54 Å². The van der Waals surface area contributed by atoms with Crippen LogP contribution < -0.4 is 11.1 Å². The van der Waals surface area contributed by atoms with E-state index < -0.39 is 0 Å². The van der Waals surface area contributed by atoms with Gasteiger partial charge in [0.1, 0.15) is 5.82 Å². The van der Waals surface area contributed by atoms with Crippen molar-refractivity contribution in [3.05, 3.63) is 35.6 Å². The molecule has 13 heavy (non-hydrogen) atoms. The predicted molar refractivity (Wildman–Crippen MR) is 51.9 cm³/mol. The first kappa shape index (κ1) is 10.2. The van der Waals surface area contributed by atoms with Gasteiger partial charge in [-0.15, -0.1) is 0 Å². The third kappa shape index (κ3) is 3.13. The van der Waals surface area contributed by atoms with Gasteiger partial charge >= 0.3 is 0 Å². The highest BCUT2D eigenvalue weighted by Crippen LogP contribution is 2.11. The van der Waals surface area contributed by atoms with Crippen LogP contribution in [0.1, 0.15) is 18.5 Å². The van der Waals surface area contributed by atoms with E-state index in [1.54, 1.807) is 12.1 Å². The Morgan fingerprint density at radius 2 is 2.00 bits per heavy atom. The lowest BCUT2D eigenvalue weighted by Crippen LogP contribution is -2.25. The van der Waals surface area contributed by atoms with E-state index in [9.17, 15) is 4.39 Å². The summed E-state index contributed by atoms with van der Waals surface area (Å²) in [6.45, 7) is 3.42. The van der Waals surface area contributed by atoms with Gasteiger partial charge in [0.05, 0.1) is 0 Å². The van der Waals surface area contributed by atoms with Crippen LogP contribution in [0.5, 0.6) is 0 Å². The maximum atomic E-state index is 12.6. The van der Waals surface area contributed by atoms with Crippen molar-refractivity contribution in [2.45, 2.75) is 13.0 Å². The van der Waals surface area contributed by atoms with Crippen molar-refractivity contribution in [3.8, 4) is 0 Å². The summed E-state index contributed by atoms with van der Waals surface area (Å²) in [4.78, 5) is 0. The second-order valence-corrected chi connectivity index (χ2v) is 3.02. The molecule has 0 amide bonds. The Bertz CT molecular complexity index is 246. The molecule has 0 aliphatic rings. The van der Waals surface area contributed by atoms with Crippen LogP contribution in [0.15, 0.2) is 24.3 Å². The molecular weight excluding hydrogens is 167 g/mol. The van der Waals surface area contributed by atoms with E-state index in [1.807, 2.05) is 6.92 Å². The van der Waals surface area contributed by atoms with Crippen LogP contribution in [0.25, 0.3) is 0 Å². The Balaban J connectivity index is 2.55. The summed E-state index contributed by atoms with van der Waals surface area (Å²) in [6, 6.07) is 6.73. The fourth-order valence-corrected chi connectivity index (χ4v) is 1.17. The molecule has 0 radical (unpaired) electrons. The monoisotopic (exact) mass is 182 g/mol. The third-order valence-corrected chi connectivity index (χ3v) is 1.96. The zero-order valence-corrected chi connectivity index (χ0v) is 7.76. The van der Waals surface area contributed by atoms with Gasteiger partial charge in [0, 0.05) is 19.1 Å². The first-order valence-corrected chi connectivity index (χ1v) is 4.43. The second-order valence-electron chi connectivity index (χ2n) is 3.02. The molecule has 72 valence electrons. The quantitative estimate of drug-likeness (QED) is 0.739. The van der Waals surface area contributed by atoms with Gasteiger partial charge in [-0.3, -0.25) is 0 Å². The highest BCUT2D eigenvalue weighted by atomic mass is 19.1. The fourth-order valence-electron chi connectivity index (χ4n) is 1.17. The molecule has 1 aromatic carbocycles. The maximum Gasteiger partial charge on any atom is 0.123 e. The largest absolute Gasteiger partial charge is 0.329 e. The number of halogens is 1. The van der Waals surface area contributed by atoms with E-state index in [0.717, 1.165) is 12.1 Å². The molecule has 0 aromatic heterocycles. The Hall–Kier alpha value is -0.930. The minimum absolute atomic E-state index is 0.199. The molecule has 0 spiro atoms. The van der Waals surface area contributed by atoms with Crippen LogP contribution in [0.2, 0.25) is 0 Å². The number of nitrogens with two attached hydrogens (primary N) is 1. The lowest BCUT2D eigenvalue weighted by atomic mass is 10.1. The molecule has 0 saturated heterocycles. The van der Waals surface area contributed by atoms with Crippen molar-refractivity contribution >= 4 is 0 Å². The second kappa shape index (κ2) is 4.94. The Morgan fingerprint density at radius 3 is 2.54 bits per heavy atom. The molecule has 0 unspecified atom stereocenters. The van der Waals surface area contributed by atoms with Crippen molar-refractivity contribution in [3.63, 3.8) is 0 Å². The minimum atomic E-state index is -0.199. The zero-order chi connectivity index (χ0) is 9.68. The minimum Gasteiger partial charge on any atom is -0.329 e. The van der Waals surface area contributed by atoms with Crippen molar-refractivity contribution in [2.75, 3.05) is 13.1 Å². The van der Waals surface area contributed by atoms with Gasteiger partial charge in [-0.05, 0) is 24.6 Å². The van der Waals surface area contributed by atoms with Crippen LogP contribution in [-0.2, 0) is 0 Å². The first-order valence-electron chi connectivity index (χ1n) is 4.43. The van der Waals surface area contributed by atoms with Crippen molar-refractivity contribution in [2.24, 2.45) is 5.73 Å². The summed E-state index contributed by atoms with van der Waals surface area (Å²) in [6.07, 6.45) is 0. The molecule has 3 N–H and O–H groups in total. The molecular formula is C10H15FN2. The first-order chi connectivity index (χ1) is 6.24. The highest BCUT2D eigenvalue weighted by Gasteiger charge is 2.02. The summed E-state index contributed by atoms with van der Waals surface area (Å²) in [5.74, 6) is -0.199. The number of hydrogen-bond acceptors (Lipinski definition) is 2. The van der Waals surface area contributed by atoms with Crippen LogP contribution in [0.4, 0.5) is 4.39 Å². The molecule has 2 nitrogen and oxygen atoms in total. The molecule has 0 aliphatic carbocycles. The topological polar surface area (TPSA) is 38.0 Å². The van der Waals surface area contributed by atoms with Crippen LogP contribution in [-0.4, -0.2) is 13.1 Å². The molecule has 1 rings (SSSR count). The number of hydrogen-bond donors (Lipinski definition) is 2. The molecule has 3 heteroatoms. The van der Waals surface area contributed by atoms with Crippen molar-refractivity contribution in [1.82, 2.24) is 5.32 Å². The lowest BCUT2D eigenvalue weighted by molar-refractivity contribution is 0.578. The molecule has 0 fully saturated rings. The standard InChI is InChI=1S/C10H15FN2/c1-8(13-7-6-12)9-2-4-10(11)5-3-9/h2-5,8,13H,6-7,12H2,1H3/t8-/m0/s1. The summed E-state index contributed by atoms with van der Waals surface area (Å²) in [5.41, 5.74) is 6.44. The Morgan fingerprint density at radius 1 is 1.38 bits per heavy atom. The van der Waals surface area contributed by atoms with Gasteiger partial charge in [0.2, 0.25) is 0 Å². The van der Waals surface area contributed by atoms with E-state index in [-0.39, 0.29) is 11.9 Å². The normalized spacial score (nSPS) is 12.8. The number of nitrogens with one attached hydrogen (secondary N) is 1. The van der Waals surface area contributed by atoms with E-state index >= 15 is 0 Å². The summed E-state index contributed by atoms with van der Waals surface area (Å²) in [5, 5.41) is 3.22. The molecule has 0 aliphatic heterocycles. The predicted octanol–water partition coefficient (Wildman–Crippen LogP) is 1.44. The van der Waals surface area contributed by atoms with Gasteiger partial charge in [0.25, 0.3) is 0 Å². The van der Waals surface area contributed by atoms with Gasteiger partial charge in [-0.2, -0.15) is 0 Å². The summed E-state index contributed by atoms with van der Waals surface area (Å²) >= 11 is 0. The molecule has 0 heterocycles. The van der Waals surface area contributed by atoms with E-state index in [1.165, 1.54) is 12.1 Å². The van der Waals surface area contributed by atoms with Gasteiger partial charge in [-0.25, -0.2) is 4.39 Å². The van der Waals surface area contributed by atoms with Crippen LogP contribution in [0, 0.1) is 5.82 Å². The average Bonchev–Trinajstić information content (AvgIpc) is 2.15. The van der Waals surface area contributed by atoms with Crippen LogP contribution in [0.3, 0.4) is 0 Å². The fraction of sp³-hybridized carbons (Fsp3) is 0.400. The highest BCUT2D eigenvalue weighted by molar-refractivity contribution is 5.19. The van der Waals surface area contributed by atoms with Gasteiger partial charge in [0.15, 0.2) is 0 Å². The van der Waals surface area contributed by atoms with Crippen molar-refractivity contribution < 1.29 is 4.39 Å². The smallest absolute Gasteiger partial charge is 0.123 e. The van der Waals surface area contributed by atoms with E-state index in [2.05, 4.69) is 5.32 Å². The molecule has 0 saturated carbocycles. The molecule has 1 aromatic rings. The Kier molecular flexibility index (Phi) is 3.86. The Labute approximate surface area is 77.9 Å². The lowest BCUT2D eigenvalue weighted by Gasteiger charge is -2.12. The maximum absolute atomic E-state index is 12.6. The zero-order valence-electron chi connectivity index (χ0n) is 7.76. The average molecular weight is 182 g/mol. The molecule has 1 atom stereocenters. The van der Waals surface area contributed by atoms with Gasteiger partial charge < -0.3 is 11.1 Å². The summed E-state index contributed by atoms with van der Waals surface area (Å²) < 4.78 is 12.6. The number of rotatable bonds is 4. The van der Waals surface area contributed by atoms with E-state index in [4.69, 9.17) is 5.73 Å². The van der Waals surface area contributed by atoms with Crippen LogP contribution >= 0.6 is 0 Å². The van der Waals surface area contributed by atoms with Gasteiger partial charge in [-0.1, -0.05) is 12.1 Å². The summed E-state index contributed by atoms with van der Waals surface area (Å²) in [7, 11) is 0. The molecule has 0 bridgehead atoms. The SMILES string of the molecule is C[C@H](NCCN)c1ccc(F)cc1.